The number of benzene rings is 2. The molecule has 0 aliphatic heterocycles. The molecule has 0 aromatic heterocycles. The van der Waals surface area contributed by atoms with Crippen molar-refractivity contribution in [2.24, 2.45) is 0 Å². The van der Waals surface area contributed by atoms with Crippen LogP contribution in [-0.2, 0) is 0 Å². The van der Waals surface area contributed by atoms with Crippen LogP contribution in [0, 0.1) is 12.7 Å². The molecule has 2 rings (SSSR count). The molecule has 1 atom stereocenters. The lowest BCUT2D eigenvalue weighted by Gasteiger charge is -2.14. The lowest BCUT2D eigenvalue weighted by atomic mass is 10.1. The Bertz CT molecular complexity index is 597. The average Bonchev–Trinajstić information content (AvgIpc) is 2.35. The first-order valence-electron chi connectivity index (χ1n) is 5.89. The Morgan fingerprint density at radius 1 is 1.16 bits per heavy atom. The van der Waals surface area contributed by atoms with Crippen molar-refractivity contribution in [1.29, 1.82) is 0 Å². The highest BCUT2D eigenvalue weighted by atomic mass is 35.5. The fourth-order valence-electron chi connectivity index (χ4n) is 1.74. The van der Waals surface area contributed by atoms with Gasteiger partial charge in [0.1, 0.15) is 17.3 Å². The fourth-order valence-corrected chi connectivity index (χ4v) is 1.90. The number of halogens is 2. The fraction of sp³-hybridized carbons (Fsp3) is 0.200. The van der Waals surface area contributed by atoms with E-state index in [1.54, 1.807) is 19.1 Å². The molecular formula is C15H14ClFO2. The lowest BCUT2D eigenvalue weighted by molar-refractivity contribution is 0.195. The zero-order valence-electron chi connectivity index (χ0n) is 10.7. The molecule has 2 aromatic rings. The summed E-state index contributed by atoms with van der Waals surface area (Å²) in [7, 11) is 0. The predicted octanol–water partition coefficient (Wildman–Crippen LogP) is 4.63. The molecule has 0 aliphatic rings. The summed E-state index contributed by atoms with van der Waals surface area (Å²) in [5.74, 6) is 0.592. The van der Waals surface area contributed by atoms with E-state index in [1.165, 1.54) is 18.2 Å². The van der Waals surface area contributed by atoms with Gasteiger partial charge in [-0.05, 0) is 49.7 Å². The van der Waals surface area contributed by atoms with Gasteiger partial charge in [-0.15, -0.1) is 0 Å². The van der Waals surface area contributed by atoms with Crippen molar-refractivity contribution in [2.75, 3.05) is 0 Å². The summed E-state index contributed by atoms with van der Waals surface area (Å²) in [6.45, 7) is 3.45. The van der Waals surface area contributed by atoms with Crippen LogP contribution in [0.2, 0.25) is 5.02 Å². The minimum atomic E-state index is -0.815. The van der Waals surface area contributed by atoms with Gasteiger partial charge in [0.2, 0.25) is 0 Å². The van der Waals surface area contributed by atoms with Gasteiger partial charge in [0.05, 0.1) is 6.10 Å². The third kappa shape index (κ3) is 3.25. The van der Waals surface area contributed by atoms with Gasteiger partial charge in [-0.1, -0.05) is 17.7 Å². The molecule has 0 fully saturated rings. The maximum absolute atomic E-state index is 13.2. The molecule has 0 saturated heterocycles. The minimum Gasteiger partial charge on any atom is -0.457 e. The Hall–Kier alpha value is -1.58. The molecule has 2 aromatic carbocycles. The zero-order chi connectivity index (χ0) is 14.0. The SMILES string of the molecule is Cc1ccc(Cl)cc1Oc1ccc(F)cc1[C@H](C)O. The number of aliphatic hydroxyl groups is 1. The maximum atomic E-state index is 13.2. The molecule has 19 heavy (non-hydrogen) atoms. The van der Waals surface area contributed by atoms with E-state index in [2.05, 4.69) is 0 Å². The predicted molar refractivity (Wildman–Crippen MR) is 73.3 cm³/mol. The number of rotatable bonds is 3. The molecule has 0 aliphatic carbocycles. The van der Waals surface area contributed by atoms with Gasteiger partial charge >= 0.3 is 0 Å². The Morgan fingerprint density at radius 3 is 2.58 bits per heavy atom. The van der Waals surface area contributed by atoms with Crippen LogP contribution in [0.15, 0.2) is 36.4 Å². The first kappa shape index (κ1) is 13.8. The maximum Gasteiger partial charge on any atom is 0.133 e. The summed E-state index contributed by atoms with van der Waals surface area (Å²) in [5, 5.41) is 10.2. The summed E-state index contributed by atoms with van der Waals surface area (Å²) >= 11 is 5.92. The summed E-state index contributed by atoms with van der Waals surface area (Å²) in [6, 6.07) is 9.35. The monoisotopic (exact) mass is 280 g/mol. The van der Waals surface area contributed by atoms with E-state index in [4.69, 9.17) is 16.3 Å². The van der Waals surface area contributed by atoms with E-state index in [0.717, 1.165) is 5.56 Å². The highest BCUT2D eigenvalue weighted by molar-refractivity contribution is 6.30. The molecule has 0 saturated carbocycles. The Labute approximate surface area is 116 Å². The minimum absolute atomic E-state index is 0.402. The van der Waals surface area contributed by atoms with Crippen molar-refractivity contribution in [3.8, 4) is 11.5 Å². The summed E-state index contributed by atoms with van der Waals surface area (Å²) in [4.78, 5) is 0. The van der Waals surface area contributed by atoms with Gasteiger partial charge in [-0.2, -0.15) is 0 Å². The molecule has 0 amide bonds. The third-order valence-electron chi connectivity index (χ3n) is 2.79. The second kappa shape index (κ2) is 5.59. The molecule has 100 valence electrons. The van der Waals surface area contributed by atoms with Gasteiger partial charge in [-0.3, -0.25) is 0 Å². The van der Waals surface area contributed by atoms with Gasteiger partial charge in [0.25, 0.3) is 0 Å². The molecule has 2 nitrogen and oxygen atoms in total. The normalized spacial score (nSPS) is 12.3. The Morgan fingerprint density at radius 2 is 1.89 bits per heavy atom. The van der Waals surface area contributed by atoms with Crippen molar-refractivity contribution in [2.45, 2.75) is 20.0 Å². The number of hydrogen-bond donors (Lipinski definition) is 1. The standard InChI is InChI=1S/C15H14ClFO2/c1-9-3-4-11(16)7-15(9)19-14-6-5-12(17)8-13(14)10(2)18/h3-8,10,18H,1-2H3/t10-/m0/s1. The van der Waals surface area contributed by atoms with Crippen LogP contribution in [0.3, 0.4) is 0 Å². The second-order valence-corrected chi connectivity index (χ2v) is 4.81. The quantitative estimate of drug-likeness (QED) is 0.888. The first-order valence-corrected chi connectivity index (χ1v) is 6.26. The van der Waals surface area contributed by atoms with E-state index in [-0.39, 0.29) is 0 Å². The zero-order valence-corrected chi connectivity index (χ0v) is 11.4. The van der Waals surface area contributed by atoms with E-state index >= 15 is 0 Å². The van der Waals surface area contributed by atoms with E-state index in [1.807, 2.05) is 13.0 Å². The molecule has 0 spiro atoms. The highest BCUT2D eigenvalue weighted by Gasteiger charge is 2.12. The lowest BCUT2D eigenvalue weighted by Crippen LogP contribution is -1.98. The van der Waals surface area contributed by atoms with Crippen molar-refractivity contribution < 1.29 is 14.2 Å². The Balaban J connectivity index is 2.40. The largest absolute Gasteiger partial charge is 0.457 e. The third-order valence-corrected chi connectivity index (χ3v) is 3.03. The molecular weight excluding hydrogens is 267 g/mol. The van der Waals surface area contributed by atoms with Crippen LogP contribution in [0.1, 0.15) is 24.2 Å². The smallest absolute Gasteiger partial charge is 0.133 e. The van der Waals surface area contributed by atoms with Crippen LogP contribution in [0.4, 0.5) is 4.39 Å². The number of aryl methyl sites for hydroxylation is 1. The Kier molecular flexibility index (Phi) is 4.08. The molecule has 0 heterocycles. The van der Waals surface area contributed by atoms with Gasteiger partial charge < -0.3 is 9.84 Å². The van der Waals surface area contributed by atoms with E-state index in [9.17, 15) is 9.50 Å². The van der Waals surface area contributed by atoms with E-state index in [0.29, 0.717) is 22.1 Å². The second-order valence-electron chi connectivity index (χ2n) is 4.37. The highest BCUT2D eigenvalue weighted by Crippen LogP contribution is 2.33. The van der Waals surface area contributed by atoms with Crippen molar-refractivity contribution in [3.05, 3.63) is 58.4 Å². The van der Waals surface area contributed by atoms with Crippen LogP contribution in [-0.4, -0.2) is 5.11 Å². The average molecular weight is 281 g/mol. The van der Waals surface area contributed by atoms with Gasteiger partial charge in [0, 0.05) is 10.6 Å². The summed E-state index contributed by atoms with van der Waals surface area (Å²) in [6.07, 6.45) is -0.815. The first-order chi connectivity index (χ1) is 8.97. The van der Waals surface area contributed by atoms with Crippen LogP contribution >= 0.6 is 11.6 Å². The molecule has 0 radical (unpaired) electrons. The van der Waals surface area contributed by atoms with Crippen molar-refractivity contribution in [1.82, 2.24) is 0 Å². The van der Waals surface area contributed by atoms with E-state index < -0.39 is 11.9 Å². The number of ether oxygens (including phenoxy) is 1. The van der Waals surface area contributed by atoms with Crippen LogP contribution in [0.25, 0.3) is 0 Å². The molecule has 0 bridgehead atoms. The molecule has 4 heteroatoms. The summed E-state index contributed by atoms with van der Waals surface area (Å²) in [5.41, 5.74) is 1.31. The van der Waals surface area contributed by atoms with Gasteiger partial charge in [-0.25, -0.2) is 4.39 Å². The van der Waals surface area contributed by atoms with Crippen LogP contribution < -0.4 is 4.74 Å². The van der Waals surface area contributed by atoms with Gasteiger partial charge in [0.15, 0.2) is 0 Å². The number of aliphatic hydroxyl groups excluding tert-OH is 1. The molecule has 0 unspecified atom stereocenters. The van der Waals surface area contributed by atoms with Crippen molar-refractivity contribution >= 4 is 11.6 Å². The molecule has 1 N–H and O–H groups in total. The summed E-state index contributed by atoms with van der Waals surface area (Å²) < 4.78 is 18.9. The topological polar surface area (TPSA) is 29.5 Å². The number of hydrogen-bond acceptors (Lipinski definition) is 2. The van der Waals surface area contributed by atoms with Crippen molar-refractivity contribution in [3.63, 3.8) is 0 Å². The van der Waals surface area contributed by atoms with Crippen LogP contribution in [0.5, 0.6) is 11.5 Å².